The van der Waals surface area contributed by atoms with Crippen LogP contribution in [0.3, 0.4) is 0 Å². The average molecular weight is 324 g/mol. The molecule has 0 amide bonds. The highest BCUT2D eigenvalue weighted by molar-refractivity contribution is 9.10. The molecule has 0 bridgehead atoms. The Morgan fingerprint density at radius 1 is 1.22 bits per heavy atom. The highest BCUT2D eigenvalue weighted by Gasteiger charge is 2.07. The number of benzene rings is 1. The fourth-order valence-corrected chi connectivity index (χ4v) is 3.20. The van der Waals surface area contributed by atoms with Gasteiger partial charge in [-0.2, -0.15) is 0 Å². The summed E-state index contributed by atoms with van der Waals surface area (Å²) in [4.78, 5) is 2.73. The highest BCUT2D eigenvalue weighted by Crippen LogP contribution is 2.33. The maximum absolute atomic E-state index is 3.59. The summed E-state index contributed by atoms with van der Waals surface area (Å²) in [5, 5.41) is 3.45. The van der Waals surface area contributed by atoms with Crippen LogP contribution in [0.5, 0.6) is 0 Å². The molecule has 0 radical (unpaired) electrons. The molecule has 96 valence electrons. The Labute approximate surface area is 121 Å². The summed E-state index contributed by atoms with van der Waals surface area (Å²) in [7, 11) is 0. The van der Waals surface area contributed by atoms with Crippen LogP contribution in [0.15, 0.2) is 34.8 Å². The van der Waals surface area contributed by atoms with Crippen molar-refractivity contribution in [3.05, 3.63) is 45.2 Å². The largest absolute Gasteiger partial charge is 0.310 e. The van der Waals surface area contributed by atoms with Crippen LogP contribution in [0.1, 0.15) is 24.3 Å². The number of nitrogens with one attached hydrogen (secondary N) is 1. The molecule has 0 saturated carbocycles. The van der Waals surface area contributed by atoms with Gasteiger partial charge in [0.2, 0.25) is 0 Å². The first-order valence-electron chi connectivity index (χ1n) is 6.15. The molecule has 0 aliphatic heterocycles. The molecule has 1 nitrogen and oxygen atoms in total. The SMILES string of the molecule is Cc1c(Br)cccc1-c1ccc(CNC(C)C)s1. The molecular formula is C15H18BrNS. The fourth-order valence-electron chi connectivity index (χ4n) is 1.80. The van der Waals surface area contributed by atoms with Crippen LogP contribution in [0.25, 0.3) is 10.4 Å². The molecule has 1 aromatic heterocycles. The van der Waals surface area contributed by atoms with E-state index >= 15 is 0 Å². The lowest BCUT2D eigenvalue weighted by Gasteiger charge is -2.06. The van der Waals surface area contributed by atoms with Gasteiger partial charge < -0.3 is 5.32 Å². The second-order valence-corrected chi connectivity index (χ2v) is 6.74. The smallest absolute Gasteiger partial charge is 0.0349 e. The number of halogens is 1. The van der Waals surface area contributed by atoms with Gasteiger partial charge in [-0.25, -0.2) is 0 Å². The number of rotatable bonds is 4. The lowest BCUT2D eigenvalue weighted by atomic mass is 10.1. The monoisotopic (exact) mass is 323 g/mol. The Bertz CT molecular complexity index is 531. The van der Waals surface area contributed by atoms with Gasteiger partial charge in [-0.3, -0.25) is 0 Å². The quantitative estimate of drug-likeness (QED) is 0.836. The average Bonchev–Trinajstić information content (AvgIpc) is 2.78. The van der Waals surface area contributed by atoms with Gasteiger partial charge >= 0.3 is 0 Å². The van der Waals surface area contributed by atoms with Gasteiger partial charge in [0.05, 0.1) is 0 Å². The molecule has 0 saturated heterocycles. The van der Waals surface area contributed by atoms with E-state index in [-0.39, 0.29) is 0 Å². The molecule has 1 N–H and O–H groups in total. The minimum Gasteiger partial charge on any atom is -0.310 e. The normalized spacial score (nSPS) is 11.2. The highest BCUT2D eigenvalue weighted by atomic mass is 79.9. The van der Waals surface area contributed by atoms with E-state index in [2.05, 4.69) is 72.3 Å². The van der Waals surface area contributed by atoms with E-state index < -0.39 is 0 Å². The third kappa shape index (κ3) is 3.22. The summed E-state index contributed by atoms with van der Waals surface area (Å²) >= 11 is 5.46. The predicted molar refractivity (Wildman–Crippen MR) is 84.2 cm³/mol. The Kier molecular flexibility index (Phi) is 4.60. The maximum atomic E-state index is 3.59. The number of hydrogen-bond donors (Lipinski definition) is 1. The molecule has 3 heteroatoms. The molecule has 2 aromatic rings. The number of hydrogen-bond acceptors (Lipinski definition) is 2. The molecule has 0 aliphatic carbocycles. The van der Waals surface area contributed by atoms with Gasteiger partial charge in [-0.05, 0) is 36.2 Å². The molecule has 1 heterocycles. The van der Waals surface area contributed by atoms with Crippen molar-refractivity contribution >= 4 is 27.3 Å². The van der Waals surface area contributed by atoms with Crippen molar-refractivity contribution in [1.29, 1.82) is 0 Å². The van der Waals surface area contributed by atoms with Crippen LogP contribution < -0.4 is 5.32 Å². The van der Waals surface area contributed by atoms with Crippen molar-refractivity contribution < 1.29 is 0 Å². The van der Waals surface area contributed by atoms with Gasteiger partial charge in [0.1, 0.15) is 0 Å². The standard InChI is InChI=1S/C15H18BrNS/c1-10(2)17-9-12-7-8-15(18-12)13-5-4-6-14(16)11(13)3/h4-8,10,17H,9H2,1-3H3. The predicted octanol–water partition coefficient (Wildman–Crippen LogP) is 4.98. The van der Waals surface area contributed by atoms with Gasteiger partial charge in [0, 0.05) is 26.8 Å². The summed E-state index contributed by atoms with van der Waals surface area (Å²) in [5.74, 6) is 0. The first-order valence-corrected chi connectivity index (χ1v) is 7.76. The third-order valence-corrected chi connectivity index (χ3v) is 4.86. The Hall–Kier alpha value is -0.640. The van der Waals surface area contributed by atoms with Crippen LogP contribution >= 0.6 is 27.3 Å². The second-order valence-electron chi connectivity index (χ2n) is 4.71. The molecule has 1 aromatic carbocycles. The van der Waals surface area contributed by atoms with E-state index in [9.17, 15) is 0 Å². The first-order chi connectivity index (χ1) is 8.58. The zero-order valence-corrected chi connectivity index (χ0v) is 13.4. The van der Waals surface area contributed by atoms with Gasteiger partial charge in [-0.1, -0.05) is 41.9 Å². The van der Waals surface area contributed by atoms with Crippen LogP contribution in [-0.2, 0) is 6.54 Å². The minimum absolute atomic E-state index is 0.531. The second kappa shape index (κ2) is 6.00. The van der Waals surface area contributed by atoms with Crippen LogP contribution in [0, 0.1) is 6.92 Å². The lowest BCUT2D eigenvalue weighted by Crippen LogP contribution is -2.21. The molecule has 0 aliphatic rings. The molecule has 0 spiro atoms. The van der Waals surface area contributed by atoms with E-state index in [0.717, 1.165) is 6.54 Å². The topological polar surface area (TPSA) is 12.0 Å². The Morgan fingerprint density at radius 2 is 2.00 bits per heavy atom. The van der Waals surface area contributed by atoms with Crippen LogP contribution in [0.2, 0.25) is 0 Å². The van der Waals surface area contributed by atoms with Crippen molar-refractivity contribution in [3.63, 3.8) is 0 Å². The molecule has 0 fully saturated rings. The summed E-state index contributed by atoms with van der Waals surface area (Å²) in [5.41, 5.74) is 2.63. The molecule has 0 unspecified atom stereocenters. The van der Waals surface area contributed by atoms with Gasteiger partial charge in [0.15, 0.2) is 0 Å². The molecular weight excluding hydrogens is 306 g/mol. The lowest BCUT2D eigenvalue weighted by molar-refractivity contribution is 0.593. The van der Waals surface area contributed by atoms with Crippen LogP contribution in [-0.4, -0.2) is 6.04 Å². The summed E-state index contributed by atoms with van der Waals surface area (Å²) in [6.45, 7) is 7.46. The van der Waals surface area contributed by atoms with Crippen molar-refractivity contribution in [1.82, 2.24) is 5.32 Å². The van der Waals surface area contributed by atoms with Gasteiger partial charge in [0.25, 0.3) is 0 Å². The van der Waals surface area contributed by atoms with Crippen molar-refractivity contribution in [2.24, 2.45) is 0 Å². The number of thiophene rings is 1. The summed E-state index contributed by atoms with van der Waals surface area (Å²) in [6.07, 6.45) is 0. The van der Waals surface area contributed by atoms with Crippen molar-refractivity contribution in [2.75, 3.05) is 0 Å². The third-order valence-electron chi connectivity index (χ3n) is 2.88. The fraction of sp³-hybridized carbons (Fsp3) is 0.333. The van der Waals surface area contributed by atoms with Gasteiger partial charge in [-0.15, -0.1) is 11.3 Å². The summed E-state index contributed by atoms with van der Waals surface area (Å²) in [6, 6.07) is 11.3. The summed E-state index contributed by atoms with van der Waals surface area (Å²) < 4.78 is 1.18. The van der Waals surface area contributed by atoms with Crippen LogP contribution in [0.4, 0.5) is 0 Å². The van der Waals surface area contributed by atoms with E-state index in [0.29, 0.717) is 6.04 Å². The first kappa shape index (κ1) is 13.8. The van der Waals surface area contributed by atoms with E-state index in [4.69, 9.17) is 0 Å². The zero-order valence-electron chi connectivity index (χ0n) is 11.0. The van der Waals surface area contributed by atoms with Crippen molar-refractivity contribution in [2.45, 2.75) is 33.4 Å². The minimum atomic E-state index is 0.531. The Balaban J connectivity index is 2.21. The maximum Gasteiger partial charge on any atom is 0.0349 e. The van der Waals surface area contributed by atoms with E-state index in [1.807, 2.05) is 11.3 Å². The van der Waals surface area contributed by atoms with E-state index in [1.54, 1.807) is 0 Å². The Morgan fingerprint density at radius 3 is 2.72 bits per heavy atom. The molecule has 2 rings (SSSR count). The molecule has 0 atom stereocenters. The van der Waals surface area contributed by atoms with Crippen molar-refractivity contribution in [3.8, 4) is 10.4 Å². The zero-order chi connectivity index (χ0) is 13.1. The molecule has 18 heavy (non-hydrogen) atoms. The van der Waals surface area contributed by atoms with E-state index in [1.165, 1.54) is 25.4 Å².